The minimum Gasteiger partial charge on any atom is -0.309 e. The highest BCUT2D eigenvalue weighted by Crippen LogP contribution is 2.44. The number of hydrogen-bond acceptors (Lipinski definition) is 3. The number of para-hydroxylation sites is 1. The average molecular weight is 673 g/mol. The summed E-state index contributed by atoms with van der Waals surface area (Å²) in [6.07, 6.45) is 1.89. The van der Waals surface area contributed by atoms with Crippen LogP contribution < -0.4 is 0 Å². The van der Waals surface area contributed by atoms with Gasteiger partial charge in [-0.15, -0.1) is 0 Å². The van der Waals surface area contributed by atoms with Crippen LogP contribution in [-0.4, -0.2) is 14.5 Å². The molecule has 53 heavy (non-hydrogen) atoms. The monoisotopic (exact) mass is 672 g/mol. The summed E-state index contributed by atoms with van der Waals surface area (Å²) in [6.45, 7) is 0. The van der Waals surface area contributed by atoms with E-state index in [0.717, 1.165) is 87.8 Å². The number of rotatable bonds is 3. The quantitative estimate of drug-likeness (QED) is 0.176. The molecule has 0 bridgehead atoms. The Bertz CT molecular complexity index is 3350. The van der Waals surface area contributed by atoms with Gasteiger partial charge in [0.25, 0.3) is 0 Å². The second kappa shape index (κ2) is 11.3. The summed E-state index contributed by atoms with van der Waals surface area (Å²) in [5, 5.41) is 21.1. The zero-order valence-corrected chi connectivity index (χ0v) is 28.5. The van der Waals surface area contributed by atoms with Gasteiger partial charge in [0.15, 0.2) is 0 Å². The Balaban J connectivity index is 1.19. The van der Waals surface area contributed by atoms with Crippen LogP contribution >= 0.6 is 0 Å². The summed E-state index contributed by atoms with van der Waals surface area (Å²) in [6, 6.07) is 59.9. The number of fused-ring (bicyclic) bond motifs is 13. The maximum atomic E-state index is 9.81. The molecule has 11 rings (SSSR count). The lowest BCUT2D eigenvalue weighted by Gasteiger charge is -2.16. The van der Waals surface area contributed by atoms with Gasteiger partial charge >= 0.3 is 0 Å². The first-order valence-corrected chi connectivity index (χ1v) is 17.8. The van der Waals surface area contributed by atoms with Gasteiger partial charge in [-0.2, -0.15) is 5.26 Å². The molecule has 0 atom stereocenters. The van der Waals surface area contributed by atoms with Crippen molar-refractivity contribution >= 4 is 75.9 Å². The molecule has 0 radical (unpaired) electrons. The van der Waals surface area contributed by atoms with Crippen LogP contribution in [0.5, 0.6) is 0 Å². The second-order valence-electron chi connectivity index (χ2n) is 13.7. The minimum atomic E-state index is 0.647. The standard InChI is InChI=1S/C49H28N4/c50-29-30-19-23-43-41(26-30)42-28-33(21-24-44(42)53(43)35-13-2-1-3-14-35)32-10-8-11-34(27-32)47-40-22-20-31-12-9-25-51-48(31)46(40)45-38-17-6-4-15-36(38)37-16-5-7-18-39(37)49(45)52-47/h1-28H. The van der Waals surface area contributed by atoms with E-state index >= 15 is 0 Å². The summed E-state index contributed by atoms with van der Waals surface area (Å²) in [5.74, 6) is 0. The van der Waals surface area contributed by atoms with Gasteiger partial charge in [-0.1, -0.05) is 109 Å². The predicted molar refractivity (Wildman–Crippen MR) is 219 cm³/mol. The highest BCUT2D eigenvalue weighted by atomic mass is 15.0. The molecule has 11 aromatic rings. The van der Waals surface area contributed by atoms with E-state index in [2.05, 4.69) is 150 Å². The van der Waals surface area contributed by atoms with Crippen LogP contribution in [-0.2, 0) is 0 Å². The zero-order chi connectivity index (χ0) is 35.0. The largest absolute Gasteiger partial charge is 0.309 e. The van der Waals surface area contributed by atoms with Crippen LogP contribution in [0.15, 0.2) is 170 Å². The first-order chi connectivity index (χ1) is 26.2. The van der Waals surface area contributed by atoms with Crippen molar-refractivity contribution in [2.45, 2.75) is 0 Å². The van der Waals surface area contributed by atoms with Gasteiger partial charge in [-0.3, -0.25) is 4.98 Å². The van der Waals surface area contributed by atoms with Gasteiger partial charge in [0.05, 0.1) is 39.4 Å². The lowest BCUT2D eigenvalue weighted by atomic mass is 9.91. The van der Waals surface area contributed by atoms with Crippen molar-refractivity contribution in [3.8, 4) is 34.1 Å². The lowest BCUT2D eigenvalue weighted by Crippen LogP contribution is -1.95. The van der Waals surface area contributed by atoms with Crippen molar-refractivity contribution in [1.29, 1.82) is 5.26 Å². The highest BCUT2D eigenvalue weighted by Gasteiger charge is 2.20. The molecule has 4 heteroatoms. The van der Waals surface area contributed by atoms with Crippen LogP contribution in [0.4, 0.5) is 0 Å². The van der Waals surface area contributed by atoms with E-state index in [9.17, 15) is 5.26 Å². The third-order valence-electron chi connectivity index (χ3n) is 10.8. The van der Waals surface area contributed by atoms with Crippen molar-refractivity contribution in [1.82, 2.24) is 14.5 Å². The average Bonchev–Trinajstić information content (AvgIpc) is 3.56. The number of nitriles is 1. The number of hydrogen-bond donors (Lipinski definition) is 0. The van der Waals surface area contributed by atoms with Gasteiger partial charge in [-0.25, -0.2) is 4.98 Å². The van der Waals surface area contributed by atoms with E-state index in [-0.39, 0.29) is 0 Å². The fraction of sp³-hybridized carbons (Fsp3) is 0. The maximum Gasteiger partial charge on any atom is 0.0991 e. The SMILES string of the molecule is N#Cc1ccc2c(c1)c1cc(-c3cccc(-c4nc5c6ccccc6c6ccccc6c5c5c4ccc4cccnc45)c3)ccc1n2-c1ccccc1. The number of pyridine rings is 2. The zero-order valence-electron chi connectivity index (χ0n) is 28.5. The molecule has 3 heterocycles. The molecule has 0 unspecified atom stereocenters. The molecule has 4 nitrogen and oxygen atoms in total. The molecule has 3 aromatic heterocycles. The molecule has 244 valence electrons. The lowest BCUT2D eigenvalue weighted by molar-refractivity contribution is 1.18. The molecule has 0 aliphatic carbocycles. The van der Waals surface area contributed by atoms with E-state index in [0.29, 0.717) is 5.56 Å². The predicted octanol–water partition coefficient (Wildman–Crippen LogP) is 12.5. The topological polar surface area (TPSA) is 54.5 Å². The van der Waals surface area contributed by atoms with Crippen molar-refractivity contribution in [2.24, 2.45) is 0 Å². The Morgan fingerprint density at radius 2 is 1.13 bits per heavy atom. The van der Waals surface area contributed by atoms with Crippen LogP contribution in [0.3, 0.4) is 0 Å². The molecule has 8 aromatic carbocycles. The van der Waals surface area contributed by atoms with Crippen LogP contribution in [0.2, 0.25) is 0 Å². The van der Waals surface area contributed by atoms with Crippen LogP contribution in [0.25, 0.3) is 104 Å². The van der Waals surface area contributed by atoms with E-state index < -0.39 is 0 Å². The molecular weight excluding hydrogens is 645 g/mol. The summed E-state index contributed by atoms with van der Waals surface area (Å²) in [5.41, 5.74) is 10.0. The molecule has 0 amide bonds. The third kappa shape index (κ3) is 4.35. The van der Waals surface area contributed by atoms with Crippen molar-refractivity contribution < 1.29 is 0 Å². The Hall–Kier alpha value is -7.35. The van der Waals surface area contributed by atoms with E-state index in [1.807, 2.05) is 30.5 Å². The van der Waals surface area contributed by atoms with Crippen molar-refractivity contribution in [3.05, 3.63) is 176 Å². The molecule has 0 aliphatic heterocycles. The smallest absolute Gasteiger partial charge is 0.0991 e. The Morgan fingerprint density at radius 3 is 1.96 bits per heavy atom. The molecule has 0 N–H and O–H groups in total. The van der Waals surface area contributed by atoms with E-state index in [4.69, 9.17) is 9.97 Å². The fourth-order valence-electron chi connectivity index (χ4n) is 8.45. The van der Waals surface area contributed by atoms with Gasteiger partial charge in [-0.05, 0) is 81.9 Å². The van der Waals surface area contributed by atoms with Crippen LogP contribution in [0.1, 0.15) is 5.56 Å². The molecular formula is C49H28N4. The normalized spacial score (nSPS) is 11.8. The molecule has 0 aliphatic rings. The van der Waals surface area contributed by atoms with Crippen LogP contribution in [0, 0.1) is 11.3 Å². The summed E-state index contributed by atoms with van der Waals surface area (Å²) >= 11 is 0. The van der Waals surface area contributed by atoms with Gasteiger partial charge in [0, 0.05) is 55.2 Å². The van der Waals surface area contributed by atoms with Gasteiger partial charge < -0.3 is 4.57 Å². The number of nitrogens with zero attached hydrogens (tertiary/aromatic N) is 4. The summed E-state index contributed by atoms with van der Waals surface area (Å²) in [4.78, 5) is 10.6. The fourth-order valence-corrected chi connectivity index (χ4v) is 8.45. The first-order valence-electron chi connectivity index (χ1n) is 17.8. The Kier molecular flexibility index (Phi) is 6.28. The third-order valence-corrected chi connectivity index (χ3v) is 10.8. The van der Waals surface area contributed by atoms with Gasteiger partial charge in [0.2, 0.25) is 0 Å². The molecule has 0 fully saturated rings. The van der Waals surface area contributed by atoms with E-state index in [1.165, 1.54) is 16.2 Å². The summed E-state index contributed by atoms with van der Waals surface area (Å²) in [7, 11) is 0. The molecule has 0 saturated heterocycles. The summed E-state index contributed by atoms with van der Waals surface area (Å²) < 4.78 is 2.28. The second-order valence-corrected chi connectivity index (χ2v) is 13.7. The molecule has 0 spiro atoms. The molecule has 0 saturated carbocycles. The van der Waals surface area contributed by atoms with Crippen molar-refractivity contribution in [2.75, 3.05) is 0 Å². The number of benzene rings is 8. The highest BCUT2D eigenvalue weighted by molar-refractivity contribution is 6.34. The first kappa shape index (κ1) is 29.4. The Labute approximate surface area is 304 Å². The maximum absolute atomic E-state index is 9.81. The van der Waals surface area contributed by atoms with Gasteiger partial charge in [0.1, 0.15) is 0 Å². The van der Waals surface area contributed by atoms with E-state index in [1.54, 1.807) is 0 Å². The van der Waals surface area contributed by atoms with Crippen molar-refractivity contribution in [3.63, 3.8) is 0 Å². The minimum absolute atomic E-state index is 0.647. The Morgan fingerprint density at radius 1 is 0.453 bits per heavy atom. The number of aromatic nitrogens is 3.